The minimum absolute atomic E-state index is 0.0721. The largest absolute Gasteiger partial charge is 0.490 e. The van der Waals surface area contributed by atoms with Gasteiger partial charge in [-0.05, 0) is 26.8 Å². The SMILES string of the molecule is CC(C)(C)OC(=O)NCc1ncccc1B(O)O. The number of hydrogen-bond donors (Lipinski definition) is 3. The second-order valence-electron chi connectivity index (χ2n) is 4.77. The van der Waals surface area contributed by atoms with Crippen molar-refractivity contribution in [3.8, 4) is 0 Å². The van der Waals surface area contributed by atoms with Crippen molar-refractivity contribution < 1.29 is 19.6 Å². The molecule has 0 saturated heterocycles. The zero-order valence-corrected chi connectivity index (χ0v) is 10.7. The summed E-state index contributed by atoms with van der Waals surface area (Å²) < 4.78 is 5.06. The summed E-state index contributed by atoms with van der Waals surface area (Å²) in [7, 11) is -1.62. The Bertz CT molecular complexity index is 418. The molecule has 1 aromatic rings. The molecule has 0 aliphatic heterocycles. The minimum atomic E-state index is -1.62. The molecule has 0 unspecified atom stereocenters. The van der Waals surface area contributed by atoms with E-state index in [4.69, 9.17) is 14.8 Å². The van der Waals surface area contributed by atoms with Gasteiger partial charge in [0.25, 0.3) is 0 Å². The first kappa shape index (κ1) is 14.5. The first-order valence-electron chi connectivity index (χ1n) is 5.56. The summed E-state index contributed by atoms with van der Waals surface area (Å²) in [5.41, 5.74) is 0.0694. The van der Waals surface area contributed by atoms with Crippen LogP contribution in [0.1, 0.15) is 26.5 Å². The molecule has 0 spiro atoms. The number of nitrogens with zero attached hydrogens (tertiary/aromatic N) is 1. The molecule has 18 heavy (non-hydrogen) atoms. The van der Waals surface area contributed by atoms with Gasteiger partial charge in [0.1, 0.15) is 5.60 Å². The van der Waals surface area contributed by atoms with Crippen LogP contribution in [-0.2, 0) is 11.3 Å². The van der Waals surface area contributed by atoms with Gasteiger partial charge in [-0.1, -0.05) is 6.07 Å². The first-order chi connectivity index (χ1) is 8.29. The van der Waals surface area contributed by atoms with Gasteiger partial charge in [-0.3, -0.25) is 4.98 Å². The second-order valence-corrected chi connectivity index (χ2v) is 4.77. The lowest BCUT2D eigenvalue weighted by Gasteiger charge is -2.19. The second kappa shape index (κ2) is 5.84. The Kier molecular flexibility index (Phi) is 4.69. The van der Waals surface area contributed by atoms with Gasteiger partial charge in [-0.15, -0.1) is 0 Å². The molecule has 3 N–H and O–H groups in total. The van der Waals surface area contributed by atoms with E-state index in [1.807, 2.05) is 0 Å². The highest BCUT2D eigenvalue weighted by Crippen LogP contribution is 2.06. The summed E-state index contributed by atoms with van der Waals surface area (Å²) in [6.45, 7) is 5.35. The number of nitrogens with one attached hydrogen (secondary N) is 1. The van der Waals surface area contributed by atoms with Crippen LogP contribution in [0.15, 0.2) is 18.3 Å². The predicted molar refractivity (Wildman–Crippen MR) is 67.1 cm³/mol. The standard InChI is InChI=1S/C11H17BN2O4/c1-11(2,3)18-10(15)14-7-9-8(12(16)17)5-4-6-13-9/h4-6,16-17H,7H2,1-3H3,(H,14,15). The van der Waals surface area contributed by atoms with Crippen LogP contribution in [0.3, 0.4) is 0 Å². The van der Waals surface area contributed by atoms with Crippen LogP contribution in [0.4, 0.5) is 4.79 Å². The highest BCUT2D eigenvalue weighted by molar-refractivity contribution is 6.59. The van der Waals surface area contributed by atoms with E-state index < -0.39 is 18.8 Å². The van der Waals surface area contributed by atoms with Crippen molar-refractivity contribution in [3.63, 3.8) is 0 Å². The topological polar surface area (TPSA) is 91.7 Å². The Balaban J connectivity index is 2.61. The number of hydrogen-bond acceptors (Lipinski definition) is 5. The Labute approximate surface area is 106 Å². The van der Waals surface area contributed by atoms with Gasteiger partial charge in [0, 0.05) is 11.7 Å². The monoisotopic (exact) mass is 252 g/mol. The lowest BCUT2D eigenvalue weighted by molar-refractivity contribution is 0.0523. The van der Waals surface area contributed by atoms with Crippen molar-refractivity contribution >= 4 is 18.7 Å². The average molecular weight is 252 g/mol. The van der Waals surface area contributed by atoms with E-state index in [1.165, 1.54) is 12.3 Å². The van der Waals surface area contributed by atoms with Gasteiger partial charge >= 0.3 is 13.2 Å². The molecule has 0 atom stereocenters. The summed E-state index contributed by atoms with van der Waals surface area (Å²) in [4.78, 5) is 15.4. The lowest BCUT2D eigenvalue weighted by atomic mass is 9.79. The quantitative estimate of drug-likeness (QED) is 0.647. The maximum Gasteiger partial charge on any atom is 0.490 e. The minimum Gasteiger partial charge on any atom is -0.444 e. The molecule has 0 bridgehead atoms. The molecule has 0 radical (unpaired) electrons. The molecular weight excluding hydrogens is 235 g/mol. The van der Waals surface area contributed by atoms with Crippen LogP contribution in [0.5, 0.6) is 0 Å². The fourth-order valence-corrected chi connectivity index (χ4v) is 1.30. The van der Waals surface area contributed by atoms with Crippen LogP contribution in [0, 0.1) is 0 Å². The third-order valence-electron chi connectivity index (χ3n) is 2.00. The van der Waals surface area contributed by atoms with Gasteiger partial charge in [0.05, 0.1) is 12.2 Å². The van der Waals surface area contributed by atoms with Gasteiger partial charge in [0.2, 0.25) is 0 Å². The third-order valence-corrected chi connectivity index (χ3v) is 2.00. The van der Waals surface area contributed by atoms with Crippen molar-refractivity contribution in [1.82, 2.24) is 10.3 Å². The maximum atomic E-state index is 11.4. The van der Waals surface area contributed by atoms with Gasteiger partial charge in [0.15, 0.2) is 0 Å². The molecule has 0 aliphatic carbocycles. The Morgan fingerprint density at radius 2 is 2.17 bits per heavy atom. The summed E-state index contributed by atoms with van der Waals surface area (Å²) in [6, 6.07) is 3.12. The molecule has 1 aromatic heterocycles. The smallest absolute Gasteiger partial charge is 0.444 e. The number of carbonyl (C=O) groups excluding carboxylic acids is 1. The van der Waals surface area contributed by atoms with Crippen LogP contribution >= 0.6 is 0 Å². The number of alkyl carbamates (subject to hydrolysis) is 1. The number of pyridine rings is 1. The number of amides is 1. The van der Waals surface area contributed by atoms with E-state index in [2.05, 4.69) is 10.3 Å². The number of ether oxygens (including phenoxy) is 1. The van der Waals surface area contributed by atoms with Crippen LogP contribution in [-0.4, -0.2) is 33.8 Å². The van der Waals surface area contributed by atoms with Gasteiger partial charge in [-0.2, -0.15) is 0 Å². The molecule has 98 valence electrons. The Morgan fingerprint density at radius 3 is 2.72 bits per heavy atom. The molecule has 1 amide bonds. The average Bonchev–Trinajstić information content (AvgIpc) is 2.24. The van der Waals surface area contributed by atoms with E-state index in [-0.39, 0.29) is 12.0 Å². The Hall–Kier alpha value is -1.60. The number of aromatic nitrogens is 1. The summed E-state index contributed by atoms with van der Waals surface area (Å²) in [6.07, 6.45) is 0.935. The molecule has 0 aromatic carbocycles. The lowest BCUT2D eigenvalue weighted by Crippen LogP contribution is -2.38. The predicted octanol–water partition coefficient (Wildman–Crippen LogP) is -0.214. The first-order valence-corrected chi connectivity index (χ1v) is 5.56. The molecule has 0 saturated carbocycles. The van der Waals surface area contributed by atoms with Crippen molar-refractivity contribution in [2.75, 3.05) is 0 Å². The fourth-order valence-electron chi connectivity index (χ4n) is 1.30. The van der Waals surface area contributed by atoms with Crippen LogP contribution in [0.2, 0.25) is 0 Å². The molecule has 1 rings (SSSR count). The zero-order valence-electron chi connectivity index (χ0n) is 10.7. The highest BCUT2D eigenvalue weighted by Gasteiger charge is 2.19. The number of carbonyl (C=O) groups is 1. The van der Waals surface area contributed by atoms with E-state index in [0.717, 1.165) is 0 Å². The summed E-state index contributed by atoms with van der Waals surface area (Å²) in [5, 5.41) is 20.8. The van der Waals surface area contributed by atoms with Crippen molar-refractivity contribution in [1.29, 1.82) is 0 Å². The van der Waals surface area contributed by atoms with Crippen LogP contribution < -0.4 is 10.8 Å². The fraction of sp³-hybridized carbons (Fsp3) is 0.455. The molecule has 1 heterocycles. The summed E-state index contributed by atoms with van der Waals surface area (Å²) >= 11 is 0. The van der Waals surface area contributed by atoms with Gasteiger partial charge in [-0.25, -0.2) is 4.79 Å². The normalized spacial score (nSPS) is 10.9. The van der Waals surface area contributed by atoms with Crippen molar-refractivity contribution in [3.05, 3.63) is 24.0 Å². The van der Waals surface area contributed by atoms with Gasteiger partial charge < -0.3 is 20.1 Å². The highest BCUT2D eigenvalue weighted by atomic mass is 16.6. The van der Waals surface area contributed by atoms with E-state index >= 15 is 0 Å². The molecule has 0 fully saturated rings. The van der Waals surface area contributed by atoms with Crippen molar-refractivity contribution in [2.24, 2.45) is 0 Å². The maximum absolute atomic E-state index is 11.4. The molecule has 7 heteroatoms. The number of rotatable bonds is 3. The summed E-state index contributed by atoms with van der Waals surface area (Å²) in [5.74, 6) is 0. The van der Waals surface area contributed by atoms with E-state index in [9.17, 15) is 4.79 Å². The van der Waals surface area contributed by atoms with Crippen LogP contribution in [0.25, 0.3) is 0 Å². The van der Waals surface area contributed by atoms with Crippen molar-refractivity contribution in [2.45, 2.75) is 32.9 Å². The molecule has 6 nitrogen and oxygen atoms in total. The molecule has 0 aliphatic rings. The van der Waals surface area contributed by atoms with E-state index in [1.54, 1.807) is 26.8 Å². The van der Waals surface area contributed by atoms with E-state index in [0.29, 0.717) is 5.69 Å². The Morgan fingerprint density at radius 1 is 1.50 bits per heavy atom. The third kappa shape index (κ3) is 4.73. The molecular formula is C11H17BN2O4. The zero-order chi connectivity index (χ0) is 13.8.